The van der Waals surface area contributed by atoms with Crippen LogP contribution in [0.2, 0.25) is 0 Å². The molecule has 2 aliphatic rings. The number of aliphatic hydroxyl groups is 2. The minimum atomic E-state index is -1.50. The maximum atomic E-state index is 14.9. The molecule has 0 radical (unpaired) electrons. The van der Waals surface area contributed by atoms with Crippen LogP contribution in [0.25, 0.3) is 22.3 Å². The minimum absolute atomic E-state index is 0.113. The van der Waals surface area contributed by atoms with E-state index in [1.165, 1.54) is 29.5 Å². The second-order valence-electron chi connectivity index (χ2n) is 9.89. The Morgan fingerprint density at radius 1 is 1.41 bits per heavy atom. The zero-order valence-corrected chi connectivity index (χ0v) is 22.5. The largest absolute Gasteiger partial charge is 0.463 e. The average Bonchev–Trinajstić information content (AvgIpc) is 3.29. The Labute approximate surface area is 227 Å². The maximum Gasteiger partial charge on any atom is 0.293 e. The molecule has 2 atom stereocenters. The molecule has 0 spiro atoms. The molecule has 4 heterocycles. The number of fused-ring (bicyclic) bond motifs is 4. The standard InChI is InChI=1S/C27H28FN3O7S/c1-13-17(28)7-18-23-22(19(11-39-25(13)23)29-21(34)9-32)14-8-31-20(24(14)30-18)6-16(27(2,36)4-5-37-3)15(26(31)35)10-38-12-33/h6-7,12,19,32,36H,4-5,8-11H2,1-3H3,(H,29,34)/t19?,27-/m0/s1. The summed E-state index contributed by atoms with van der Waals surface area (Å²) in [4.78, 5) is 42.5. The molecule has 3 aromatic rings. The van der Waals surface area contributed by atoms with E-state index in [2.05, 4.69) is 5.32 Å². The second-order valence-corrected chi connectivity index (χ2v) is 10.9. The topological polar surface area (TPSA) is 140 Å². The Bertz CT molecular complexity index is 1570. The number of amides is 1. The van der Waals surface area contributed by atoms with Crippen molar-refractivity contribution in [1.82, 2.24) is 14.9 Å². The highest BCUT2D eigenvalue weighted by Crippen LogP contribution is 2.48. The highest BCUT2D eigenvalue weighted by atomic mass is 32.2. The fourth-order valence-corrected chi connectivity index (χ4v) is 6.70. The van der Waals surface area contributed by atoms with Gasteiger partial charge in [0.1, 0.15) is 19.0 Å². The Morgan fingerprint density at radius 2 is 2.18 bits per heavy atom. The van der Waals surface area contributed by atoms with Crippen LogP contribution in [0.1, 0.15) is 47.2 Å². The van der Waals surface area contributed by atoms with Crippen molar-refractivity contribution in [3.8, 4) is 11.4 Å². The van der Waals surface area contributed by atoms with Gasteiger partial charge < -0.3 is 29.6 Å². The van der Waals surface area contributed by atoms with Crippen LogP contribution in [0.4, 0.5) is 4.39 Å². The Kier molecular flexibility index (Phi) is 7.23. The number of nitrogens with zero attached hydrogens (tertiary/aromatic N) is 2. The molecule has 0 saturated heterocycles. The minimum Gasteiger partial charge on any atom is -0.463 e. The first-order valence-electron chi connectivity index (χ1n) is 12.4. The summed E-state index contributed by atoms with van der Waals surface area (Å²) in [5, 5.41) is 24.3. The van der Waals surface area contributed by atoms with E-state index in [-0.39, 0.29) is 43.8 Å². The van der Waals surface area contributed by atoms with E-state index in [1.54, 1.807) is 19.9 Å². The lowest BCUT2D eigenvalue weighted by Gasteiger charge is -2.29. The lowest BCUT2D eigenvalue weighted by atomic mass is 9.88. The van der Waals surface area contributed by atoms with Crippen molar-refractivity contribution in [3.05, 3.63) is 56.1 Å². The van der Waals surface area contributed by atoms with Crippen LogP contribution in [-0.2, 0) is 37.8 Å². The Hall–Kier alpha value is -3.32. The van der Waals surface area contributed by atoms with E-state index in [0.29, 0.717) is 39.2 Å². The van der Waals surface area contributed by atoms with E-state index in [1.807, 2.05) is 0 Å². The van der Waals surface area contributed by atoms with E-state index in [9.17, 15) is 29.0 Å². The predicted molar refractivity (Wildman–Crippen MR) is 141 cm³/mol. The van der Waals surface area contributed by atoms with E-state index in [0.717, 1.165) is 10.5 Å². The number of carbonyl (C=O) groups is 2. The van der Waals surface area contributed by atoms with Gasteiger partial charge in [0.05, 0.1) is 40.7 Å². The van der Waals surface area contributed by atoms with Gasteiger partial charge in [-0.25, -0.2) is 9.37 Å². The fourth-order valence-electron chi connectivity index (χ4n) is 5.44. The quantitative estimate of drug-likeness (QED) is 0.264. The first-order chi connectivity index (χ1) is 18.6. The third kappa shape index (κ3) is 4.50. The fraction of sp³-hybridized carbons (Fsp3) is 0.407. The van der Waals surface area contributed by atoms with Crippen LogP contribution in [0.3, 0.4) is 0 Å². The van der Waals surface area contributed by atoms with Crippen molar-refractivity contribution in [1.29, 1.82) is 0 Å². The first-order valence-corrected chi connectivity index (χ1v) is 13.3. The van der Waals surface area contributed by atoms with E-state index in [4.69, 9.17) is 14.5 Å². The highest BCUT2D eigenvalue weighted by Gasteiger charge is 2.37. The van der Waals surface area contributed by atoms with Crippen LogP contribution < -0.4 is 10.9 Å². The van der Waals surface area contributed by atoms with Gasteiger partial charge in [0, 0.05) is 47.8 Å². The lowest BCUT2D eigenvalue weighted by Crippen LogP contribution is -2.34. The van der Waals surface area contributed by atoms with Crippen LogP contribution in [0, 0.1) is 12.7 Å². The number of carbonyl (C=O) groups excluding carboxylic acids is 2. The molecule has 0 aliphatic carbocycles. The molecule has 10 nitrogen and oxygen atoms in total. The van der Waals surface area contributed by atoms with Gasteiger partial charge in [-0.05, 0) is 36.6 Å². The number of ether oxygens (including phenoxy) is 2. The summed E-state index contributed by atoms with van der Waals surface area (Å²) >= 11 is 1.40. The molecule has 0 saturated carbocycles. The van der Waals surface area contributed by atoms with E-state index >= 15 is 0 Å². The number of hydrogen-bond donors (Lipinski definition) is 3. The van der Waals surface area contributed by atoms with Gasteiger partial charge in [0.15, 0.2) is 0 Å². The van der Waals surface area contributed by atoms with Crippen molar-refractivity contribution < 1.29 is 33.7 Å². The predicted octanol–water partition coefficient (Wildman–Crippen LogP) is 2.05. The second kappa shape index (κ2) is 10.3. The summed E-state index contributed by atoms with van der Waals surface area (Å²) in [6.45, 7) is 2.79. The zero-order chi connectivity index (χ0) is 28.1. The molecule has 206 valence electrons. The number of hydrogen-bond acceptors (Lipinski definition) is 9. The summed E-state index contributed by atoms with van der Waals surface area (Å²) in [5.74, 6) is -0.574. The van der Waals surface area contributed by atoms with Gasteiger partial charge in [-0.1, -0.05) is 0 Å². The summed E-state index contributed by atoms with van der Waals surface area (Å²) in [6, 6.07) is 2.48. The molecule has 39 heavy (non-hydrogen) atoms. The number of thioether (sulfide) groups is 1. The van der Waals surface area contributed by atoms with Crippen LogP contribution in [0.5, 0.6) is 0 Å². The van der Waals surface area contributed by atoms with Gasteiger partial charge in [-0.15, -0.1) is 11.8 Å². The van der Waals surface area contributed by atoms with Crippen molar-refractivity contribution in [2.24, 2.45) is 0 Å². The van der Waals surface area contributed by atoms with Gasteiger partial charge >= 0.3 is 0 Å². The molecule has 1 aromatic carbocycles. The van der Waals surface area contributed by atoms with Crippen LogP contribution in [-0.4, -0.2) is 58.2 Å². The normalized spacial score (nSPS) is 16.9. The number of halogens is 1. The molecular formula is C27H28FN3O7S. The number of aliphatic hydroxyl groups excluding tert-OH is 1. The third-order valence-electron chi connectivity index (χ3n) is 7.41. The average molecular weight is 558 g/mol. The molecular weight excluding hydrogens is 529 g/mol. The molecule has 5 rings (SSSR count). The van der Waals surface area contributed by atoms with Gasteiger partial charge in [0.2, 0.25) is 5.91 Å². The Morgan fingerprint density at radius 3 is 2.87 bits per heavy atom. The number of nitrogens with one attached hydrogen (secondary N) is 1. The molecule has 0 fully saturated rings. The molecule has 1 unspecified atom stereocenters. The highest BCUT2D eigenvalue weighted by molar-refractivity contribution is 7.99. The molecule has 2 aromatic heterocycles. The first kappa shape index (κ1) is 27.3. The van der Waals surface area contributed by atoms with E-state index < -0.39 is 35.5 Å². The van der Waals surface area contributed by atoms with Gasteiger partial charge in [-0.2, -0.15) is 0 Å². The van der Waals surface area contributed by atoms with Crippen LogP contribution >= 0.6 is 11.8 Å². The van der Waals surface area contributed by atoms with Crippen LogP contribution in [0.15, 0.2) is 21.8 Å². The third-order valence-corrected chi connectivity index (χ3v) is 8.71. The SMILES string of the molecule is COCC[C@](C)(O)c1cc2n(c(=O)c1COC=O)Cc1c-2nc2cc(F)c(C)c3c2c1C(NC(=O)CO)CS3. The maximum absolute atomic E-state index is 14.9. The molecule has 2 aliphatic heterocycles. The number of methoxy groups -OCH3 is 1. The molecule has 3 N–H and O–H groups in total. The Balaban J connectivity index is 1.79. The van der Waals surface area contributed by atoms with Crippen molar-refractivity contribution >= 4 is 35.0 Å². The zero-order valence-electron chi connectivity index (χ0n) is 21.7. The van der Waals surface area contributed by atoms with Crippen molar-refractivity contribution in [2.75, 3.05) is 26.1 Å². The molecule has 0 bridgehead atoms. The number of rotatable bonds is 9. The van der Waals surface area contributed by atoms with Gasteiger partial charge in [0.25, 0.3) is 12.0 Å². The van der Waals surface area contributed by atoms with Crippen molar-refractivity contribution in [3.63, 3.8) is 0 Å². The lowest BCUT2D eigenvalue weighted by molar-refractivity contribution is -0.130. The molecule has 1 amide bonds. The summed E-state index contributed by atoms with van der Waals surface area (Å²) in [7, 11) is 1.50. The number of aromatic nitrogens is 2. The summed E-state index contributed by atoms with van der Waals surface area (Å²) in [6.07, 6.45) is 0.171. The number of pyridine rings is 2. The molecule has 12 heteroatoms. The van der Waals surface area contributed by atoms with Gasteiger partial charge in [-0.3, -0.25) is 14.4 Å². The van der Waals surface area contributed by atoms with Crippen molar-refractivity contribution in [2.45, 2.75) is 50.0 Å². The summed E-state index contributed by atoms with van der Waals surface area (Å²) in [5.41, 5.74) is 1.55. The monoisotopic (exact) mass is 557 g/mol. The smallest absolute Gasteiger partial charge is 0.293 e. The summed E-state index contributed by atoms with van der Waals surface area (Å²) < 4.78 is 26.5. The number of benzene rings is 1.